The van der Waals surface area contributed by atoms with E-state index < -0.39 is 12.6 Å². The summed E-state index contributed by atoms with van der Waals surface area (Å²) in [7, 11) is 6.90. The molecule has 2 unspecified atom stereocenters. The first kappa shape index (κ1) is 59.6. The van der Waals surface area contributed by atoms with Crippen molar-refractivity contribution in [3.8, 4) is 0 Å². The minimum atomic E-state index is -0.809. The number of hydrogen-bond acceptors (Lipinski definition) is 7. The number of hydrogen-bond donors (Lipinski definition) is 0. The van der Waals surface area contributed by atoms with Gasteiger partial charge in [-0.2, -0.15) is 0 Å². The molecule has 0 aliphatic rings. The molecule has 7 nitrogen and oxygen atoms in total. The van der Waals surface area contributed by atoms with E-state index in [-0.39, 0.29) is 0 Å². The van der Waals surface area contributed by atoms with Crippen LogP contribution in [0.5, 0.6) is 0 Å². The maximum atomic E-state index is 6.90. The molecule has 61 heavy (non-hydrogen) atoms. The molecule has 0 amide bonds. The molecule has 0 aliphatic carbocycles. The fraction of sp³-hybridized carbons (Fsp3) is 0.926. The minimum Gasteiger partial charge on any atom is -0.497 e. The van der Waals surface area contributed by atoms with Gasteiger partial charge in [-0.05, 0) is 25.7 Å². The minimum absolute atomic E-state index is 0.564. The van der Waals surface area contributed by atoms with Gasteiger partial charge >= 0.3 is 0 Å². The van der Waals surface area contributed by atoms with E-state index in [0.29, 0.717) is 24.7 Å². The Labute approximate surface area is 380 Å². The van der Waals surface area contributed by atoms with Gasteiger partial charge in [-0.3, -0.25) is 0 Å². The van der Waals surface area contributed by atoms with Crippen LogP contribution in [0.15, 0.2) is 23.0 Å². The van der Waals surface area contributed by atoms with Gasteiger partial charge in [0.1, 0.15) is 11.5 Å². The van der Waals surface area contributed by atoms with Gasteiger partial charge in [0.05, 0.1) is 41.7 Å². The van der Waals surface area contributed by atoms with Crippen LogP contribution in [0.3, 0.4) is 0 Å². The summed E-state index contributed by atoms with van der Waals surface area (Å²) < 4.78 is 44.6. The van der Waals surface area contributed by atoms with Crippen LogP contribution < -0.4 is 0 Å². The molecule has 0 fully saturated rings. The predicted octanol–water partition coefficient (Wildman–Crippen LogP) is 17.6. The Bertz CT molecular complexity index is 876. The zero-order valence-corrected chi connectivity index (χ0v) is 42.3. The van der Waals surface area contributed by atoms with Crippen molar-refractivity contribution >= 4 is 0 Å². The molecule has 0 spiro atoms. The van der Waals surface area contributed by atoms with Crippen molar-refractivity contribution in [3.05, 3.63) is 23.0 Å². The highest BCUT2D eigenvalue weighted by molar-refractivity contribution is 5.08. The van der Waals surface area contributed by atoms with E-state index in [2.05, 4.69) is 27.7 Å². The van der Waals surface area contributed by atoms with E-state index in [0.717, 1.165) is 62.9 Å². The third-order valence-electron chi connectivity index (χ3n) is 12.2. The topological polar surface area (TPSA) is 64.6 Å². The molecule has 0 saturated carbocycles. The molecule has 0 aromatic heterocycles. The zero-order valence-electron chi connectivity index (χ0n) is 42.3. The standard InChI is InChI=1S/C54H106O7/c1-9-13-17-21-25-29-31-33-37-41-45-49(55-5)51(57-7)53(59-47-43-39-35-27-23-19-15-11-3)61-54(60-48-44-40-36-28-24-20-16-12-4)52(58-8)50(56-6)46-42-38-34-32-30-26-22-18-14-10-2/h53-54H,9-48H2,1-8H3. The molecule has 0 aromatic carbocycles. The molecule has 2 atom stereocenters. The summed E-state index contributed by atoms with van der Waals surface area (Å²) in [5.74, 6) is 2.74. The van der Waals surface area contributed by atoms with Crippen molar-refractivity contribution < 1.29 is 33.2 Å². The highest BCUT2D eigenvalue weighted by atomic mass is 16.8. The van der Waals surface area contributed by atoms with Crippen molar-refractivity contribution in [2.75, 3.05) is 41.7 Å². The van der Waals surface area contributed by atoms with Crippen LogP contribution >= 0.6 is 0 Å². The second-order valence-electron chi connectivity index (χ2n) is 17.7. The molecular formula is C54H106O7. The van der Waals surface area contributed by atoms with E-state index in [1.807, 2.05) is 0 Å². The highest BCUT2D eigenvalue weighted by Crippen LogP contribution is 2.28. The number of methoxy groups -OCH3 is 4. The summed E-state index contributed by atoms with van der Waals surface area (Å²) in [5, 5.41) is 0. The summed E-state index contributed by atoms with van der Waals surface area (Å²) >= 11 is 0. The van der Waals surface area contributed by atoms with Crippen LogP contribution in [0.25, 0.3) is 0 Å². The third-order valence-corrected chi connectivity index (χ3v) is 12.2. The Morgan fingerprint density at radius 1 is 0.279 bits per heavy atom. The average Bonchev–Trinajstić information content (AvgIpc) is 3.27. The molecule has 0 N–H and O–H groups in total. The van der Waals surface area contributed by atoms with Crippen LogP contribution in [0.1, 0.15) is 272 Å². The number of ether oxygens (including phenoxy) is 7. The van der Waals surface area contributed by atoms with Gasteiger partial charge in [-0.15, -0.1) is 0 Å². The fourth-order valence-corrected chi connectivity index (χ4v) is 8.20. The molecule has 0 aromatic rings. The molecule has 0 bridgehead atoms. The number of rotatable bonds is 50. The summed E-state index contributed by atoms with van der Waals surface area (Å²) in [6, 6.07) is 0. The third kappa shape index (κ3) is 35.6. The fourth-order valence-electron chi connectivity index (χ4n) is 8.20. The Morgan fingerprint density at radius 2 is 0.508 bits per heavy atom. The monoisotopic (exact) mass is 867 g/mol. The van der Waals surface area contributed by atoms with Crippen molar-refractivity contribution in [3.63, 3.8) is 0 Å². The normalized spacial score (nSPS) is 13.5. The maximum Gasteiger partial charge on any atom is 0.223 e. The summed E-state index contributed by atoms with van der Waals surface area (Å²) in [5.41, 5.74) is 0. The molecule has 0 rings (SSSR count). The lowest BCUT2D eigenvalue weighted by molar-refractivity contribution is -0.240. The van der Waals surface area contributed by atoms with Gasteiger partial charge in [-0.1, -0.05) is 233 Å². The van der Waals surface area contributed by atoms with Crippen LogP contribution in [-0.2, 0) is 33.2 Å². The SMILES string of the molecule is CCCCCCCCCCCCC(OC)=C(OC)C(OCCCCCCCCCC)OC(OCCCCCCCCCC)C(OC)=C(CCCCCCCCCCCC)OC. The van der Waals surface area contributed by atoms with Crippen molar-refractivity contribution in [2.24, 2.45) is 0 Å². The smallest absolute Gasteiger partial charge is 0.223 e. The van der Waals surface area contributed by atoms with Gasteiger partial charge in [0, 0.05) is 12.8 Å². The van der Waals surface area contributed by atoms with E-state index in [1.54, 1.807) is 28.4 Å². The molecule has 0 radical (unpaired) electrons. The molecule has 0 aliphatic heterocycles. The second kappa shape index (κ2) is 48.0. The van der Waals surface area contributed by atoms with Crippen LogP contribution in [0.2, 0.25) is 0 Å². The summed E-state index contributed by atoms with van der Waals surface area (Å²) in [6.07, 6.45) is 45.4. The van der Waals surface area contributed by atoms with E-state index in [1.165, 1.54) is 193 Å². The van der Waals surface area contributed by atoms with Gasteiger partial charge in [0.2, 0.25) is 12.6 Å². The molecule has 0 saturated heterocycles. The van der Waals surface area contributed by atoms with Crippen molar-refractivity contribution in [1.29, 1.82) is 0 Å². The Kier molecular flexibility index (Phi) is 46.9. The highest BCUT2D eigenvalue weighted by Gasteiger charge is 2.31. The first-order valence-electron chi connectivity index (χ1n) is 26.6. The second-order valence-corrected chi connectivity index (χ2v) is 17.7. The predicted molar refractivity (Wildman–Crippen MR) is 261 cm³/mol. The number of allylic oxidation sites excluding steroid dienone is 2. The van der Waals surface area contributed by atoms with Crippen LogP contribution in [-0.4, -0.2) is 54.2 Å². The maximum absolute atomic E-state index is 6.90. The number of unbranched alkanes of at least 4 members (excludes halogenated alkanes) is 32. The summed E-state index contributed by atoms with van der Waals surface area (Å²) in [4.78, 5) is 0. The Balaban J connectivity index is 6.04. The zero-order chi connectivity index (χ0) is 44.7. The Morgan fingerprint density at radius 3 is 0.738 bits per heavy atom. The lowest BCUT2D eigenvalue weighted by Gasteiger charge is -2.29. The van der Waals surface area contributed by atoms with E-state index in [4.69, 9.17) is 33.2 Å². The average molecular weight is 867 g/mol. The lowest BCUT2D eigenvalue weighted by atomic mass is 10.1. The quantitative estimate of drug-likeness (QED) is 0.0343. The largest absolute Gasteiger partial charge is 0.497 e. The molecule has 364 valence electrons. The Hall–Kier alpha value is -1.44. The van der Waals surface area contributed by atoms with E-state index >= 15 is 0 Å². The van der Waals surface area contributed by atoms with Crippen LogP contribution in [0.4, 0.5) is 0 Å². The van der Waals surface area contributed by atoms with Gasteiger partial charge in [0.25, 0.3) is 0 Å². The van der Waals surface area contributed by atoms with Crippen molar-refractivity contribution in [2.45, 2.75) is 284 Å². The first-order valence-corrected chi connectivity index (χ1v) is 26.6. The lowest BCUT2D eigenvalue weighted by Crippen LogP contribution is -2.33. The molecule has 0 heterocycles. The van der Waals surface area contributed by atoms with E-state index in [9.17, 15) is 0 Å². The first-order chi connectivity index (χ1) is 30.1. The summed E-state index contributed by atoms with van der Waals surface area (Å²) in [6.45, 7) is 10.2. The van der Waals surface area contributed by atoms with Gasteiger partial charge in [-0.25, -0.2) is 0 Å². The van der Waals surface area contributed by atoms with Crippen molar-refractivity contribution in [1.82, 2.24) is 0 Å². The van der Waals surface area contributed by atoms with Gasteiger partial charge in [0.15, 0.2) is 11.5 Å². The van der Waals surface area contributed by atoms with Crippen LogP contribution in [0, 0.1) is 0 Å². The van der Waals surface area contributed by atoms with Gasteiger partial charge < -0.3 is 33.2 Å². The molecule has 7 heteroatoms. The molecular weight excluding hydrogens is 761 g/mol.